The summed E-state index contributed by atoms with van der Waals surface area (Å²) in [6, 6.07) is 5.14. The summed E-state index contributed by atoms with van der Waals surface area (Å²) in [6.07, 6.45) is -0.821. The second-order valence-electron chi connectivity index (χ2n) is 8.10. The van der Waals surface area contributed by atoms with Gasteiger partial charge in [0.05, 0.1) is 17.0 Å². The van der Waals surface area contributed by atoms with Gasteiger partial charge in [-0.25, -0.2) is 0 Å². The normalized spacial score (nSPS) is 23.8. The van der Waals surface area contributed by atoms with E-state index < -0.39 is 23.6 Å². The standard InChI is InChI=1S/C21H24F3N3O2/c1-12-9-17(20(29)13-4-6-15-3-2-8-27(15)11-13)25-26-19(12)16-7-5-14(10-18(16)28)21(22,23)24/h5,7,9-10,13,15,20,28-29H,2-4,6,8,11H2,1H3/t13-,15-,20?/m1/s1. The number of aromatic hydroxyl groups is 1. The fourth-order valence-corrected chi connectivity index (χ4v) is 4.59. The minimum Gasteiger partial charge on any atom is -0.507 e. The van der Waals surface area contributed by atoms with Crippen molar-refractivity contribution in [1.82, 2.24) is 15.1 Å². The first-order valence-electron chi connectivity index (χ1n) is 9.91. The molecule has 2 aliphatic heterocycles. The number of aryl methyl sites for hydroxylation is 1. The fourth-order valence-electron chi connectivity index (χ4n) is 4.59. The third kappa shape index (κ3) is 3.96. The van der Waals surface area contributed by atoms with Crippen molar-refractivity contribution in [2.45, 2.75) is 50.9 Å². The largest absolute Gasteiger partial charge is 0.507 e. The number of aromatic nitrogens is 2. The lowest BCUT2D eigenvalue weighted by Crippen LogP contribution is -2.41. The van der Waals surface area contributed by atoms with E-state index in [1.54, 1.807) is 13.0 Å². The second-order valence-corrected chi connectivity index (χ2v) is 8.10. The van der Waals surface area contributed by atoms with Crippen LogP contribution in [0.1, 0.15) is 48.6 Å². The number of nitrogens with zero attached hydrogens (tertiary/aromatic N) is 3. The summed E-state index contributed by atoms with van der Waals surface area (Å²) >= 11 is 0. The molecular weight excluding hydrogens is 383 g/mol. The molecule has 2 aliphatic rings. The van der Waals surface area contributed by atoms with Crippen molar-refractivity contribution in [1.29, 1.82) is 0 Å². The van der Waals surface area contributed by atoms with Crippen LogP contribution in [0.2, 0.25) is 0 Å². The van der Waals surface area contributed by atoms with Crippen molar-refractivity contribution in [2.24, 2.45) is 5.92 Å². The minimum absolute atomic E-state index is 0.0865. The van der Waals surface area contributed by atoms with Gasteiger partial charge in [0.25, 0.3) is 0 Å². The van der Waals surface area contributed by atoms with Gasteiger partial charge in [-0.1, -0.05) is 0 Å². The zero-order chi connectivity index (χ0) is 20.8. The maximum atomic E-state index is 12.8. The molecule has 0 bridgehead atoms. The summed E-state index contributed by atoms with van der Waals surface area (Å²) in [5, 5.41) is 29.2. The van der Waals surface area contributed by atoms with Gasteiger partial charge in [-0.3, -0.25) is 0 Å². The molecule has 2 N–H and O–H groups in total. The maximum Gasteiger partial charge on any atom is 0.416 e. The average molecular weight is 407 g/mol. The molecule has 0 amide bonds. The van der Waals surface area contributed by atoms with Crippen LogP contribution in [0, 0.1) is 12.8 Å². The number of phenols is 1. The molecule has 0 spiro atoms. The van der Waals surface area contributed by atoms with E-state index in [9.17, 15) is 23.4 Å². The van der Waals surface area contributed by atoms with Gasteiger partial charge >= 0.3 is 6.18 Å². The van der Waals surface area contributed by atoms with Gasteiger partial charge in [0.1, 0.15) is 11.9 Å². The number of rotatable bonds is 3. The lowest BCUT2D eigenvalue weighted by atomic mass is 9.87. The molecular formula is C21H24F3N3O2. The number of aliphatic hydroxyl groups excluding tert-OH is 1. The third-order valence-corrected chi connectivity index (χ3v) is 6.17. The summed E-state index contributed by atoms with van der Waals surface area (Å²) in [7, 11) is 0. The van der Waals surface area contributed by atoms with E-state index in [0.29, 0.717) is 29.1 Å². The Balaban J connectivity index is 1.55. The molecule has 0 saturated carbocycles. The molecule has 0 aliphatic carbocycles. The highest BCUT2D eigenvalue weighted by atomic mass is 19.4. The van der Waals surface area contributed by atoms with Crippen LogP contribution in [0.3, 0.4) is 0 Å². The predicted molar refractivity (Wildman–Crippen MR) is 101 cm³/mol. The topological polar surface area (TPSA) is 69.5 Å². The first kappa shape index (κ1) is 20.1. The molecule has 1 unspecified atom stereocenters. The Morgan fingerprint density at radius 1 is 1.14 bits per heavy atom. The molecule has 1 aromatic heterocycles. The lowest BCUT2D eigenvalue weighted by Gasteiger charge is -2.37. The molecule has 2 fully saturated rings. The fraction of sp³-hybridized carbons (Fsp3) is 0.524. The van der Waals surface area contributed by atoms with E-state index in [1.165, 1.54) is 18.9 Å². The van der Waals surface area contributed by atoms with Gasteiger partial charge < -0.3 is 15.1 Å². The number of phenolic OH excluding ortho intramolecular Hbond substituents is 1. The van der Waals surface area contributed by atoms with Crippen molar-refractivity contribution >= 4 is 0 Å². The van der Waals surface area contributed by atoms with Crippen molar-refractivity contribution in [3.8, 4) is 17.0 Å². The highest BCUT2D eigenvalue weighted by molar-refractivity contribution is 5.69. The molecule has 3 heterocycles. The van der Waals surface area contributed by atoms with Gasteiger partial charge in [0.2, 0.25) is 0 Å². The number of benzene rings is 1. The number of aliphatic hydroxyl groups is 1. The van der Waals surface area contributed by atoms with Gasteiger partial charge in [-0.2, -0.15) is 18.3 Å². The van der Waals surface area contributed by atoms with Crippen LogP contribution in [0.25, 0.3) is 11.3 Å². The number of fused-ring (bicyclic) bond motifs is 1. The van der Waals surface area contributed by atoms with Crippen LogP contribution >= 0.6 is 0 Å². The summed E-state index contributed by atoms with van der Waals surface area (Å²) < 4.78 is 38.4. The smallest absolute Gasteiger partial charge is 0.416 e. The van der Waals surface area contributed by atoms with Crippen LogP contribution in [-0.4, -0.2) is 44.4 Å². The number of halogens is 3. The minimum atomic E-state index is -4.53. The van der Waals surface area contributed by atoms with Crippen LogP contribution in [0.5, 0.6) is 5.75 Å². The Kier molecular flexibility index (Phi) is 5.25. The van der Waals surface area contributed by atoms with Gasteiger partial charge in [-0.15, -0.1) is 5.10 Å². The average Bonchev–Trinajstić information content (AvgIpc) is 3.14. The number of hydrogen-bond acceptors (Lipinski definition) is 5. The first-order chi connectivity index (χ1) is 13.7. The Hall–Kier alpha value is -2.19. The van der Waals surface area contributed by atoms with E-state index >= 15 is 0 Å². The Labute approximate surface area is 167 Å². The molecule has 29 heavy (non-hydrogen) atoms. The van der Waals surface area contributed by atoms with Crippen molar-refractivity contribution in [3.05, 3.63) is 41.1 Å². The van der Waals surface area contributed by atoms with Crippen LogP contribution < -0.4 is 0 Å². The molecule has 156 valence electrons. The van der Waals surface area contributed by atoms with Crippen molar-refractivity contribution in [3.63, 3.8) is 0 Å². The van der Waals surface area contributed by atoms with Crippen molar-refractivity contribution in [2.75, 3.05) is 13.1 Å². The maximum absolute atomic E-state index is 12.8. The van der Waals surface area contributed by atoms with Gasteiger partial charge in [-0.05, 0) is 69.0 Å². The van der Waals surface area contributed by atoms with E-state index in [-0.39, 0.29) is 11.5 Å². The van der Waals surface area contributed by atoms with Crippen molar-refractivity contribution < 1.29 is 23.4 Å². The SMILES string of the molecule is Cc1cc(C(O)[C@@H]2CC[C@H]3CCCN3C2)nnc1-c1ccc(C(F)(F)F)cc1O. The van der Waals surface area contributed by atoms with Crippen LogP contribution in [0.4, 0.5) is 13.2 Å². The second kappa shape index (κ2) is 7.57. The van der Waals surface area contributed by atoms with E-state index in [2.05, 4.69) is 15.1 Å². The van der Waals surface area contributed by atoms with E-state index in [4.69, 9.17) is 0 Å². The number of alkyl halides is 3. The van der Waals surface area contributed by atoms with Crippen LogP contribution in [0.15, 0.2) is 24.3 Å². The molecule has 5 nitrogen and oxygen atoms in total. The zero-order valence-corrected chi connectivity index (χ0v) is 16.2. The highest BCUT2D eigenvalue weighted by Gasteiger charge is 2.35. The number of hydrogen-bond donors (Lipinski definition) is 2. The molecule has 1 aromatic carbocycles. The molecule has 8 heteroatoms. The monoisotopic (exact) mass is 407 g/mol. The molecule has 0 radical (unpaired) electrons. The predicted octanol–water partition coefficient (Wildman–Crippen LogP) is 4.08. The summed E-state index contributed by atoms with van der Waals surface area (Å²) in [5.41, 5.74) is 0.658. The Morgan fingerprint density at radius 2 is 1.93 bits per heavy atom. The molecule has 4 rings (SSSR count). The first-order valence-corrected chi connectivity index (χ1v) is 9.91. The Morgan fingerprint density at radius 3 is 2.62 bits per heavy atom. The summed E-state index contributed by atoms with van der Waals surface area (Å²) in [6.45, 7) is 3.66. The quantitative estimate of drug-likeness (QED) is 0.802. The molecule has 3 atom stereocenters. The summed E-state index contributed by atoms with van der Waals surface area (Å²) in [5.74, 6) is -0.416. The third-order valence-electron chi connectivity index (χ3n) is 6.17. The van der Waals surface area contributed by atoms with Gasteiger partial charge in [0.15, 0.2) is 0 Å². The van der Waals surface area contributed by atoms with E-state index in [0.717, 1.165) is 32.0 Å². The highest BCUT2D eigenvalue weighted by Crippen LogP contribution is 2.38. The lowest BCUT2D eigenvalue weighted by molar-refractivity contribution is -0.137. The molecule has 2 saturated heterocycles. The van der Waals surface area contributed by atoms with Gasteiger partial charge in [0, 0.05) is 24.1 Å². The Bertz CT molecular complexity index is 903. The number of piperidine rings is 1. The summed E-state index contributed by atoms with van der Waals surface area (Å²) in [4.78, 5) is 2.44. The molecule has 2 aromatic rings. The zero-order valence-electron chi connectivity index (χ0n) is 16.2. The van der Waals surface area contributed by atoms with Crippen LogP contribution in [-0.2, 0) is 6.18 Å². The van der Waals surface area contributed by atoms with E-state index in [1.807, 2.05) is 0 Å².